The lowest BCUT2D eigenvalue weighted by Gasteiger charge is -2.37. The maximum absolute atomic E-state index is 14.9. The highest BCUT2D eigenvalue weighted by Gasteiger charge is 2.33. The zero-order chi connectivity index (χ0) is 21.1. The minimum Gasteiger partial charge on any atom is -0.442 e. The number of hydrogen-bond acceptors (Lipinski definition) is 6. The van der Waals surface area contributed by atoms with Gasteiger partial charge in [-0.3, -0.25) is 14.7 Å². The van der Waals surface area contributed by atoms with Crippen molar-refractivity contribution in [1.29, 1.82) is 0 Å². The van der Waals surface area contributed by atoms with Gasteiger partial charge in [0, 0.05) is 39.3 Å². The van der Waals surface area contributed by atoms with Gasteiger partial charge in [-0.15, -0.1) is 0 Å². The number of halogens is 1. The number of amides is 2. The predicted molar refractivity (Wildman–Crippen MR) is 111 cm³/mol. The van der Waals surface area contributed by atoms with Crippen LogP contribution in [-0.2, 0) is 9.53 Å². The molecule has 0 unspecified atom stereocenters. The number of nitrogens with one attached hydrogen (secondary N) is 1. The van der Waals surface area contributed by atoms with Gasteiger partial charge in [0.15, 0.2) is 0 Å². The van der Waals surface area contributed by atoms with Crippen LogP contribution in [0.4, 0.5) is 26.2 Å². The minimum absolute atomic E-state index is 0.191. The Morgan fingerprint density at radius 3 is 2.63 bits per heavy atom. The Balaban J connectivity index is 1.39. The van der Waals surface area contributed by atoms with Crippen LogP contribution in [0.15, 0.2) is 42.7 Å². The number of benzene rings is 1. The first kappa shape index (κ1) is 19.9. The van der Waals surface area contributed by atoms with Crippen molar-refractivity contribution < 1.29 is 18.7 Å². The summed E-state index contributed by atoms with van der Waals surface area (Å²) in [5.41, 5.74) is 2.03. The van der Waals surface area contributed by atoms with Crippen LogP contribution in [0.3, 0.4) is 0 Å². The second-order valence-corrected chi connectivity index (χ2v) is 7.37. The maximum atomic E-state index is 14.9. The third-order valence-electron chi connectivity index (χ3n) is 5.33. The van der Waals surface area contributed by atoms with Gasteiger partial charge in [0.1, 0.15) is 11.9 Å². The Labute approximate surface area is 174 Å². The van der Waals surface area contributed by atoms with Crippen molar-refractivity contribution in [3.8, 4) is 0 Å². The highest BCUT2D eigenvalue weighted by molar-refractivity contribution is 5.90. The van der Waals surface area contributed by atoms with E-state index in [1.165, 1.54) is 17.9 Å². The molecule has 9 heteroatoms. The fraction of sp³-hybridized carbons (Fsp3) is 0.381. The van der Waals surface area contributed by atoms with E-state index in [0.29, 0.717) is 24.5 Å². The van der Waals surface area contributed by atoms with Crippen LogP contribution >= 0.6 is 0 Å². The molecule has 1 atom stereocenters. The van der Waals surface area contributed by atoms with E-state index in [-0.39, 0.29) is 24.8 Å². The lowest BCUT2D eigenvalue weighted by atomic mass is 10.2. The fourth-order valence-electron chi connectivity index (χ4n) is 3.76. The van der Waals surface area contributed by atoms with E-state index in [0.717, 1.165) is 18.8 Å². The minimum atomic E-state index is -0.539. The Morgan fingerprint density at radius 1 is 1.20 bits per heavy atom. The van der Waals surface area contributed by atoms with Crippen LogP contribution < -0.4 is 20.0 Å². The summed E-state index contributed by atoms with van der Waals surface area (Å²) in [4.78, 5) is 33.0. The largest absolute Gasteiger partial charge is 0.442 e. The van der Waals surface area contributed by atoms with Gasteiger partial charge in [-0.1, -0.05) is 0 Å². The average Bonchev–Trinajstić information content (AvgIpc) is 3.13. The summed E-state index contributed by atoms with van der Waals surface area (Å²) in [5, 5.41) is 2.63. The van der Waals surface area contributed by atoms with Gasteiger partial charge in [0.25, 0.3) is 0 Å². The number of piperazine rings is 1. The summed E-state index contributed by atoms with van der Waals surface area (Å²) in [6, 6.07) is 8.73. The van der Waals surface area contributed by atoms with Gasteiger partial charge in [0.2, 0.25) is 5.91 Å². The lowest BCUT2D eigenvalue weighted by molar-refractivity contribution is -0.119. The quantitative estimate of drug-likeness (QED) is 0.808. The van der Waals surface area contributed by atoms with Crippen LogP contribution in [0, 0.1) is 5.82 Å². The summed E-state index contributed by atoms with van der Waals surface area (Å²) in [6.07, 6.45) is 2.58. The summed E-state index contributed by atoms with van der Waals surface area (Å²) in [7, 11) is 0. The number of ether oxygens (including phenoxy) is 1. The number of anilines is 3. The summed E-state index contributed by atoms with van der Waals surface area (Å²) >= 11 is 0. The molecule has 2 aromatic rings. The van der Waals surface area contributed by atoms with Gasteiger partial charge in [-0.05, 0) is 30.3 Å². The molecule has 2 amide bonds. The Kier molecular flexibility index (Phi) is 5.69. The van der Waals surface area contributed by atoms with Crippen LogP contribution in [0.2, 0.25) is 0 Å². The van der Waals surface area contributed by atoms with Crippen LogP contribution in [-0.4, -0.2) is 62.4 Å². The number of rotatable bonds is 5. The van der Waals surface area contributed by atoms with Crippen molar-refractivity contribution in [2.75, 3.05) is 54.0 Å². The molecule has 0 saturated carbocycles. The molecule has 2 saturated heterocycles. The Morgan fingerprint density at radius 2 is 1.97 bits per heavy atom. The van der Waals surface area contributed by atoms with E-state index in [1.807, 2.05) is 23.2 Å². The van der Waals surface area contributed by atoms with Gasteiger partial charge in [-0.25, -0.2) is 9.18 Å². The lowest BCUT2D eigenvalue weighted by Crippen LogP contribution is -2.46. The molecule has 0 bridgehead atoms. The van der Waals surface area contributed by atoms with E-state index in [9.17, 15) is 14.0 Å². The summed E-state index contributed by atoms with van der Waals surface area (Å²) < 4.78 is 20.1. The molecule has 2 fully saturated rings. The average molecular weight is 413 g/mol. The van der Waals surface area contributed by atoms with E-state index in [2.05, 4.69) is 15.2 Å². The molecule has 30 heavy (non-hydrogen) atoms. The second-order valence-electron chi connectivity index (χ2n) is 7.37. The number of carbonyl (C=O) groups is 2. The molecule has 3 heterocycles. The molecule has 0 aliphatic carbocycles. The number of carbonyl (C=O) groups excluding carboxylic acids is 2. The first-order chi connectivity index (χ1) is 14.5. The highest BCUT2D eigenvalue weighted by Crippen LogP contribution is 2.29. The van der Waals surface area contributed by atoms with Crippen molar-refractivity contribution in [3.63, 3.8) is 0 Å². The van der Waals surface area contributed by atoms with E-state index in [4.69, 9.17) is 4.74 Å². The molecule has 1 aromatic carbocycles. The zero-order valence-corrected chi connectivity index (χ0v) is 16.8. The van der Waals surface area contributed by atoms with Gasteiger partial charge in [0.05, 0.1) is 36.3 Å². The molecule has 4 rings (SSSR count). The molecule has 1 N–H and O–H groups in total. The van der Waals surface area contributed by atoms with E-state index in [1.54, 1.807) is 18.3 Å². The summed E-state index contributed by atoms with van der Waals surface area (Å²) in [5.74, 6) is -0.566. The fourth-order valence-corrected chi connectivity index (χ4v) is 3.76. The van der Waals surface area contributed by atoms with E-state index < -0.39 is 12.2 Å². The van der Waals surface area contributed by atoms with E-state index >= 15 is 0 Å². The molecule has 1 aromatic heterocycles. The highest BCUT2D eigenvalue weighted by atomic mass is 19.1. The monoisotopic (exact) mass is 413 g/mol. The van der Waals surface area contributed by atoms with Crippen molar-refractivity contribution >= 4 is 29.1 Å². The van der Waals surface area contributed by atoms with Crippen molar-refractivity contribution in [2.24, 2.45) is 0 Å². The van der Waals surface area contributed by atoms with Crippen molar-refractivity contribution in [2.45, 2.75) is 13.0 Å². The number of nitrogens with zero attached hydrogens (tertiary/aromatic N) is 4. The number of pyridine rings is 1. The molecule has 2 aliphatic heterocycles. The SMILES string of the molecule is CC(=O)NC[C@H]1CN(c2ccc(N3CCN(c4cccnc4)CC3)c(F)c2)C(=O)O1. The number of cyclic esters (lactones) is 1. The topological polar surface area (TPSA) is 78.0 Å². The molecule has 0 radical (unpaired) electrons. The normalized spacial score (nSPS) is 19.1. The third kappa shape index (κ3) is 4.29. The molecular weight excluding hydrogens is 389 g/mol. The molecule has 8 nitrogen and oxygen atoms in total. The maximum Gasteiger partial charge on any atom is 0.414 e. The van der Waals surface area contributed by atoms with Gasteiger partial charge < -0.3 is 19.9 Å². The van der Waals surface area contributed by atoms with Crippen LogP contribution in [0.25, 0.3) is 0 Å². The molecule has 0 spiro atoms. The van der Waals surface area contributed by atoms with Crippen molar-refractivity contribution in [1.82, 2.24) is 10.3 Å². The van der Waals surface area contributed by atoms with Crippen molar-refractivity contribution in [3.05, 3.63) is 48.5 Å². The summed E-state index contributed by atoms with van der Waals surface area (Å²) in [6.45, 7) is 4.83. The van der Waals surface area contributed by atoms with Gasteiger partial charge in [-0.2, -0.15) is 0 Å². The van der Waals surface area contributed by atoms with Gasteiger partial charge >= 0.3 is 6.09 Å². The third-order valence-corrected chi connectivity index (χ3v) is 5.33. The molecular formula is C21H24FN5O3. The zero-order valence-electron chi connectivity index (χ0n) is 16.8. The standard InChI is InChI=1S/C21H24FN5O3/c1-15(28)24-13-18-14-27(21(29)30-18)16-4-5-20(19(22)11-16)26-9-7-25(8-10-26)17-3-2-6-23-12-17/h2-6,11-12,18H,7-10,13-14H2,1H3,(H,24,28)/t18-/m0/s1. The number of aromatic nitrogens is 1. The Hall–Kier alpha value is -3.36. The number of hydrogen-bond donors (Lipinski definition) is 1. The second kappa shape index (κ2) is 8.56. The van der Waals surface area contributed by atoms with Crippen LogP contribution in [0.5, 0.6) is 0 Å². The first-order valence-corrected chi connectivity index (χ1v) is 9.93. The smallest absolute Gasteiger partial charge is 0.414 e. The molecule has 158 valence electrons. The Bertz CT molecular complexity index is 918. The molecule has 2 aliphatic rings. The first-order valence-electron chi connectivity index (χ1n) is 9.93. The van der Waals surface area contributed by atoms with Crippen LogP contribution in [0.1, 0.15) is 6.92 Å². The predicted octanol–water partition coefficient (Wildman–Crippen LogP) is 2.01.